The van der Waals surface area contributed by atoms with Gasteiger partial charge in [0.15, 0.2) is 0 Å². The Labute approximate surface area is 184 Å². The summed E-state index contributed by atoms with van der Waals surface area (Å²) in [5.74, 6) is -0.516. The smallest absolute Gasteiger partial charge is 0.307 e. The van der Waals surface area contributed by atoms with Crippen LogP contribution in [0.1, 0.15) is 59.8 Å². The standard InChI is InChI=1S/C25H29BN2O3/c1-16(2)18-7-5-17(6-8-18)15-28-22-10-9-19(26)13-20(22)21(14-23(29)30)24(28)25(31)27-11-3-4-12-27/h5-10,13,16H,3-4,11-12,14-15,26H2,1-2H3,(H,29,30). The van der Waals surface area contributed by atoms with Crippen LogP contribution in [0.15, 0.2) is 42.5 Å². The lowest BCUT2D eigenvalue weighted by molar-refractivity contribution is -0.136. The van der Waals surface area contributed by atoms with Crippen LogP contribution in [-0.2, 0) is 17.8 Å². The van der Waals surface area contributed by atoms with Gasteiger partial charge in [0, 0.05) is 36.1 Å². The maximum Gasteiger partial charge on any atom is 0.307 e. The number of aromatic nitrogens is 1. The number of likely N-dealkylation sites (tertiary alicyclic amines) is 1. The van der Waals surface area contributed by atoms with E-state index in [0.717, 1.165) is 47.9 Å². The van der Waals surface area contributed by atoms with E-state index in [1.807, 2.05) is 35.5 Å². The van der Waals surface area contributed by atoms with Crippen LogP contribution in [0.5, 0.6) is 0 Å². The molecule has 1 aliphatic heterocycles. The number of amides is 1. The molecule has 2 heterocycles. The second kappa shape index (κ2) is 8.62. The Morgan fingerprint density at radius 3 is 2.35 bits per heavy atom. The third kappa shape index (κ3) is 4.25. The van der Waals surface area contributed by atoms with E-state index in [9.17, 15) is 14.7 Å². The summed E-state index contributed by atoms with van der Waals surface area (Å²) < 4.78 is 2.03. The fraction of sp³-hybridized carbons (Fsp3) is 0.360. The van der Waals surface area contributed by atoms with Gasteiger partial charge in [0.2, 0.25) is 0 Å². The zero-order valence-electron chi connectivity index (χ0n) is 18.5. The van der Waals surface area contributed by atoms with Crippen molar-refractivity contribution in [1.29, 1.82) is 0 Å². The van der Waals surface area contributed by atoms with Crippen molar-refractivity contribution in [3.05, 3.63) is 64.8 Å². The van der Waals surface area contributed by atoms with Gasteiger partial charge in [-0.05, 0) is 36.0 Å². The zero-order chi connectivity index (χ0) is 22.1. The number of aliphatic carboxylic acids is 1. The normalized spacial score (nSPS) is 14.0. The lowest BCUT2D eigenvalue weighted by Crippen LogP contribution is -2.31. The van der Waals surface area contributed by atoms with Gasteiger partial charge in [-0.3, -0.25) is 9.59 Å². The van der Waals surface area contributed by atoms with E-state index in [1.165, 1.54) is 5.56 Å². The molecule has 0 atom stereocenters. The first-order valence-corrected chi connectivity index (χ1v) is 11.1. The summed E-state index contributed by atoms with van der Waals surface area (Å²) in [6, 6.07) is 14.5. The fourth-order valence-corrected chi connectivity index (χ4v) is 4.54. The molecule has 1 N–H and O–H groups in total. The van der Waals surface area contributed by atoms with Crippen molar-refractivity contribution in [1.82, 2.24) is 9.47 Å². The van der Waals surface area contributed by atoms with Gasteiger partial charge in [-0.25, -0.2) is 0 Å². The molecule has 6 heteroatoms. The van der Waals surface area contributed by atoms with Crippen molar-refractivity contribution in [2.24, 2.45) is 0 Å². The first-order chi connectivity index (χ1) is 14.8. The van der Waals surface area contributed by atoms with Crippen LogP contribution in [0.3, 0.4) is 0 Å². The lowest BCUT2D eigenvalue weighted by atomic mass is 9.93. The van der Waals surface area contributed by atoms with Crippen molar-refractivity contribution in [3.63, 3.8) is 0 Å². The maximum absolute atomic E-state index is 13.6. The monoisotopic (exact) mass is 416 g/mol. The summed E-state index contributed by atoms with van der Waals surface area (Å²) in [6.45, 7) is 6.33. The number of nitrogens with zero attached hydrogens (tertiary/aromatic N) is 2. The van der Waals surface area contributed by atoms with Gasteiger partial charge in [0.1, 0.15) is 13.5 Å². The number of hydrogen-bond acceptors (Lipinski definition) is 2. The third-order valence-corrected chi connectivity index (χ3v) is 6.23. The minimum Gasteiger partial charge on any atom is -0.481 e. The van der Waals surface area contributed by atoms with Crippen LogP contribution >= 0.6 is 0 Å². The summed E-state index contributed by atoms with van der Waals surface area (Å²) in [7, 11) is 1.99. The van der Waals surface area contributed by atoms with Gasteiger partial charge in [0.05, 0.1) is 6.42 Å². The molecule has 5 nitrogen and oxygen atoms in total. The molecule has 0 unspecified atom stereocenters. The first-order valence-electron chi connectivity index (χ1n) is 11.1. The van der Waals surface area contributed by atoms with Crippen molar-refractivity contribution in [2.45, 2.75) is 45.6 Å². The van der Waals surface area contributed by atoms with E-state index in [-0.39, 0.29) is 12.3 Å². The molecule has 0 bridgehead atoms. The Morgan fingerprint density at radius 2 is 1.74 bits per heavy atom. The highest BCUT2D eigenvalue weighted by Gasteiger charge is 2.29. The van der Waals surface area contributed by atoms with Gasteiger partial charge in [0.25, 0.3) is 5.91 Å². The summed E-state index contributed by atoms with van der Waals surface area (Å²) in [4.78, 5) is 27.2. The van der Waals surface area contributed by atoms with Crippen molar-refractivity contribution < 1.29 is 14.7 Å². The molecule has 1 amide bonds. The van der Waals surface area contributed by atoms with Crippen molar-refractivity contribution in [3.8, 4) is 0 Å². The summed E-state index contributed by atoms with van der Waals surface area (Å²) in [5, 5.41) is 10.5. The molecule has 1 aliphatic rings. The number of hydrogen-bond donors (Lipinski definition) is 1. The van der Waals surface area contributed by atoms with E-state index >= 15 is 0 Å². The molecule has 160 valence electrons. The quantitative estimate of drug-likeness (QED) is 0.629. The van der Waals surface area contributed by atoms with Gasteiger partial charge >= 0.3 is 5.97 Å². The summed E-state index contributed by atoms with van der Waals surface area (Å²) in [6.07, 6.45) is 1.83. The molecule has 0 aliphatic carbocycles. The van der Waals surface area contributed by atoms with Gasteiger partial charge in [-0.1, -0.05) is 55.7 Å². The van der Waals surface area contributed by atoms with Crippen LogP contribution in [0.25, 0.3) is 10.9 Å². The molecule has 0 saturated carbocycles. The van der Waals surface area contributed by atoms with E-state index in [2.05, 4.69) is 38.1 Å². The van der Waals surface area contributed by atoms with E-state index in [0.29, 0.717) is 23.7 Å². The second-order valence-electron chi connectivity index (χ2n) is 8.90. The molecular formula is C25H29BN2O3. The Hall–Kier alpha value is -3.02. The van der Waals surface area contributed by atoms with E-state index in [1.54, 1.807) is 0 Å². The number of fused-ring (bicyclic) bond motifs is 1. The topological polar surface area (TPSA) is 62.5 Å². The van der Waals surface area contributed by atoms with Crippen LogP contribution in [0.4, 0.5) is 0 Å². The molecule has 0 spiro atoms. The summed E-state index contributed by atoms with van der Waals surface area (Å²) in [5.41, 5.74) is 5.49. The number of carboxylic acid groups (broad SMARTS) is 1. The number of carboxylic acids is 1. The number of rotatable bonds is 6. The minimum absolute atomic E-state index is 0.0543. The number of benzene rings is 2. The molecule has 4 rings (SSSR count). The van der Waals surface area contributed by atoms with Gasteiger partial charge in [-0.15, -0.1) is 0 Å². The van der Waals surface area contributed by atoms with Crippen molar-refractivity contribution >= 4 is 36.1 Å². The maximum atomic E-state index is 13.6. The Balaban J connectivity index is 1.87. The Kier molecular flexibility index (Phi) is 5.90. The van der Waals surface area contributed by atoms with Gasteiger partial charge in [-0.2, -0.15) is 0 Å². The minimum atomic E-state index is -0.919. The van der Waals surface area contributed by atoms with E-state index < -0.39 is 5.97 Å². The Morgan fingerprint density at radius 1 is 1.06 bits per heavy atom. The average molecular weight is 416 g/mol. The molecule has 2 aromatic carbocycles. The predicted octanol–water partition coefficient (Wildman–Crippen LogP) is 2.93. The Bertz CT molecular complexity index is 1130. The first kappa shape index (κ1) is 21.2. The van der Waals surface area contributed by atoms with Crippen molar-refractivity contribution in [2.75, 3.05) is 13.1 Å². The SMILES string of the molecule is Bc1ccc2c(c1)c(CC(=O)O)c(C(=O)N1CCCC1)n2Cc1ccc(C(C)C)cc1. The highest BCUT2D eigenvalue weighted by Crippen LogP contribution is 2.30. The highest BCUT2D eigenvalue weighted by atomic mass is 16.4. The van der Waals surface area contributed by atoms with E-state index in [4.69, 9.17) is 0 Å². The molecule has 1 fully saturated rings. The van der Waals surface area contributed by atoms with Crippen LogP contribution in [0, 0.1) is 0 Å². The molecule has 1 saturated heterocycles. The van der Waals surface area contributed by atoms with Gasteiger partial charge < -0.3 is 14.6 Å². The third-order valence-electron chi connectivity index (χ3n) is 6.23. The van der Waals surface area contributed by atoms with Crippen LogP contribution < -0.4 is 5.46 Å². The highest BCUT2D eigenvalue weighted by molar-refractivity contribution is 6.33. The zero-order valence-corrected chi connectivity index (χ0v) is 18.5. The molecule has 1 aromatic heterocycles. The predicted molar refractivity (Wildman–Crippen MR) is 126 cm³/mol. The largest absolute Gasteiger partial charge is 0.481 e. The van der Waals surface area contributed by atoms with Crippen LogP contribution in [0.2, 0.25) is 0 Å². The molecule has 3 aromatic rings. The molecular weight excluding hydrogens is 387 g/mol. The summed E-state index contributed by atoms with van der Waals surface area (Å²) >= 11 is 0. The average Bonchev–Trinajstić information content (AvgIpc) is 3.35. The molecule has 0 radical (unpaired) electrons. The second-order valence-corrected chi connectivity index (χ2v) is 8.90. The lowest BCUT2D eigenvalue weighted by Gasteiger charge is -2.19. The number of carbonyl (C=O) groups excluding carboxylic acids is 1. The van der Waals surface area contributed by atoms with Crippen LogP contribution in [-0.4, -0.2) is 47.4 Å². The number of carbonyl (C=O) groups is 2. The molecule has 31 heavy (non-hydrogen) atoms. The fourth-order valence-electron chi connectivity index (χ4n) is 4.54.